The van der Waals surface area contributed by atoms with E-state index in [1.54, 1.807) is 7.11 Å². The van der Waals surface area contributed by atoms with Crippen molar-refractivity contribution in [3.63, 3.8) is 0 Å². The summed E-state index contributed by atoms with van der Waals surface area (Å²) in [7, 11) is 1.60. The summed E-state index contributed by atoms with van der Waals surface area (Å²) in [4.78, 5) is 13.3. The molecule has 4 nitrogen and oxygen atoms in total. The van der Waals surface area contributed by atoms with Crippen LogP contribution in [0.2, 0.25) is 0 Å². The van der Waals surface area contributed by atoms with E-state index in [-0.39, 0.29) is 0 Å². The molecule has 0 bridgehead atoms. The minimum absolute atomic E-state index is 0.459. The topological polar surface area (TPSA) is 49.8 Å². The minimum atomic E-state index is -0.787. The van der Waals surface area contributed by atoms with Gasteiger partial charge in [-0.25, -0.2) is 0 Å². The summed E-state index contributed by atoms with van der Waals surface area (Å²) < 4.78 is 5.26. The van der Waals surface area contributed by atoms with Crippen LogP contribution in [-0.2, 0) is 11.2 Å². The zero-order valence-corrected chi connectivity index (χ0v) is 11.2. The highest BCUT2D eigenvalue weighted by Crippen LogP contribution is 2.20. The van der Waals surface area contributed by atoms with Crippen molar-refractivity contribution < 1.29 is 14.6 Å². The number of carboxylic acid groups (broad SMARTS) is 1. The van der Waals surface area contributed by atoms with Gasteiger partial charge in [0, 0.05) is 6.42 Å². The molecule has 0 aliphatic heterocycles. The van der Waals surface area contributed by atoms with E-state index >= 15 is 0 Å². The quantitative estimate of drug-likeness (QED) is 0.805. The molecule has 0 heterocycles. The summed E-state index contributed by atoms with van der Waals surface area (Å²) >= 11 is 0. The Hall–Kier alpha value is -1.55. The molecule has 0 spiro atoms. The third kappa shape index (κ3) is 3.47. The number of carboxylic acids is 1. The van der Waals surface area contributed by atoms with Crippen molar-refractivity contribution in [2.45, 2.75) is 26.3 Å². The highest BCUT2D eigenvalue weighted by molar-refractivity contribution is 5.74. The number of nitrogens with zero attached hydrogens (tertiary/aromatic N) is 1. The van der Waals surface area contributed by atoms with E-state index in [2.05, 4.69) is 0 Å². The predicted molar refractivity (Wildman–Crippen MR) is 71.0 cm³/mol. The molecule has 0 radical (unpaired) electrons. The van der Waals surface area contributed by atoms with E-state index in [0.717, 1.165) is 24.4 Å². The summed E-state index contributed by atoms with van der Waals surface area (Å²) in [5.74, 6) is -0.0412. The standard InChI is InChI=1S/C14H21NO3/c1-4-15(5-2)12(14(16)17)10-11-8-6-7-9-13(11)18-3/h6-9,12H,4-5,10H2,1-3H3,(H,16,17)/t12-/m1/s1. The Morgan fingerprint density at radius 1 is 1.33 bits per heavy atom. The summed E-state index contributed by atoms with van der Waals surface area (Å²) in [6.45, 7) is 5.40. The second kappa shape index (κ2) is 7.01. The van der Waals surface area contributed by atoms with Crippen LogP contribution in [0.5, 0.6) is 5.75 Å². The highest BCUT2D eigenvalue weighted by Gasteiger charge is 2.24. The zero-order valence-electron chi connectivity index (χ0n) is 11.2. The maximum absolute atomic E-state index is 11.4. The first-order valence-electron chi connectivity index (χ1n) is 6.22. The van der Waals surface area contributed by atoms with E-state index in [4.69, 9.17) is 4.74 Å². The Morgan fingerprint density at radius 3 is 2.44 bits per heavy atom. The van der Waals surface area contributed by atoms with Crippen LogP contribution in [0.15, 0.2) is 24.3 Å². The van der Waals surface area contributed by atoms with Gasteiger partial charge in [0.2, 0.25) is 0 Å². The number of hydrogen-bond donors (Lipinski definition) is 1. The van der Waals surface area contributed by atoms with Gasteiger partial charge in [0.15, 0.2) is 0 Å². The lowest BCUT2D eigenvalue weighted by molar-refractivity contribution is -0.143. The van der Waals surface area contributed by atoms with Gasteiger partial charge in [-0.15, -0.1) is 0 Å². The van der Waals surface area contributed by atoms with E-state index < -0.39 is 12.0 Å². The number of rotatable bonds is 7. The molecule has 1 rings (SSSR count). The van der Waals surface area contributed by atoms with Crippen molar-refractivity contribution in [3.05, 3.63) is 29.8 Å². The molecule has 1 N–H and O–H groups in total. The molecule has 1 aromatic rings. The summed E-state index contributed by atoms with van der Waals surface area (Å²) in [6.07, 6.45) is 0.459. The average Bonchev–Trinajstić information content (AvgIpc) is 2.39. The lowest BCUT2D eigenvalue weighted by Gasteiger charge is -2.26. The molecule has 100 valence electrons. The SMILES string of the molecule is CCN(CC)[C@H](Cc1ccccc1OC)C(=O)O. The molecule has 1 aromatic carbocycles. The summed E-state index contributed by atoms with van der Waals surface area (Å²) in [5, 5.41) is 9.35. The maximum atomic E-state index is 11.4. The number of hydrogen-bond acceptors (Lipinski definition) is 3. The average molecular weight is 251 g/mol. The fraction of sp³-hybridized carbons (Fsp3) is 0.500. The van der Waals surface area contributed by atoms with Gasteiger partial charge in [0.05, 0.1) is 7.11 Å². The van der Waals surface area contributed by atoms with Crippen LogP contribution in [-0.4, -0.2) is 42.2 Å². The number of benzene rings is 1. The lowest BCUT2D eigenvalue weighted by Crippen LogP contribution is -2.42. The van der Waals surface area contributed by atoms with E-state index in [1.807, 2.05) is 43.0 Å². The third-order valence-electron chi connectivity index (χ3n) is 3.14. The largest absolute Gasteiger partial charge is 0.496 e. The number of aliphatic carboxylic acids is 1. The van der Waals surface area contributed by atoms with Gasteiger partial charge in [-0.1, -0.05) is 32.0 Å². The van der Waals surface area contributed by atoms with Crippen LogP contribution in [0.3, 0.4) is 0 Å². The number of likely N-dealkylation sites (N-methyl/N-ethyl adjacent to an activating group) is 1. The van der Waals surface area contributed by atoms with E-state index in [9.17, 15) is 9.90 Å². The molecule has 18 heavy (non-hydrogen) atoms. The predicted octanol–water partition coefficient (Wildman–Crippen LogP) is 2.03. The van der Waals surface area contributed by atoms with Gasteiger partial charge < -0.3 is 9.84 Å². The molecule has 0 saturated carbocycles. The summed E-state index contributed by atoms with van der Waals surface area (Å²) in [5.41, 5.74) is 0.930. The lowest BCUT2D eigenvalue weighted by atomic mass is 10.0. The molecule has 4 heteroatoms. The second-order valence-electron chi connectivity index (χ2n) is 4.09. The Balaban J connectivity index is 2.93. The van der Waals surface area contributed by atoms with Crippen molar-refractivity contribution >= 4 is 5.97 Å². The first-order chi connectivity index (χ1) is 8.63. The maximum Gasteiger partial charge on any atom is 0.321 e. The van der Waals surface area contributed by atoms with Crippen LogP contribution < -0.4 is 4.74 Å². The van der Waals surface area contributed by atoms with Crippen LogP contribution in [0.4, 0.5) is 0 Å². The molecule has 0 fully saturated rings. The van der Waals surface area contributed by atoms with Crippen molar-refractivity contribution in [1.82, 2.24) is 4.90 Å². The monoisotopic (exact) mass is 251 g/mol. The molecular weight excluding hydrogens is 230 g/mol. The summed E-state index contributed by atoms with van der Waals surface area (Å²) in [6, 6.07) is 7.06. The fourth-order valence-electron chi connectivity index (χ4n) is 2.12. The van der Waals surface area contributed by atoms with Gasteiger partial charge in [-0.3, -0.25) is 9.69 Å². The van der Waals surface area contributed by atoms with Crippen molar-refractivity contribution in [3.8, 4) is 5.75 Å². The molecule has 0 saturated heterocycles. The Morgan fingerprint density at radius 2 is 1.94 bits per heavy atom. The van der Waals surface area contributed by atoms with Crippen LogP contribution in [0.1, 0.15) is 19.4 Å². The molecule has 1 atom stereocenters. The van der Waals surface area contributed by atoms with E-state index in [1.165, 1.54) is 0 Å². The normalized spacial score (nSPS) is 12.4. The molecule has 0 aliphatic carbocycles. The van der Waals surface area contributed by atoms with Gasteiger partial charge >= 0.3 is 5.97 Å². The van der Waals surface area contributed by atoms with Gasteiger partial charge in [0.1, 0.15) is 11.8 Å². The fourth-order valence-corrected chi connectivity index (χ4v) is 2.12. The van der Waals surface area contributed by atoms with Gasteiger partial charge in [-0.2, -0.15) is 0 Å². The van der Waals surface area contributed by atoms with Crippen LogP contribution >= 0.6 is 0 Å². The van der Waals surface area contributed by atoms with Crippen molar-refractivity contribution in [1.29, 1.82) is 0 Å². The Bertz CT molecular complexity index is 388. The molecule has 0 aromatic heterocycles. The molecule has 0 aliphatic rings. The first kappa shape index (κ1) is 14.5. The minimum Gasteiger partial charge on any atom is -0.496 e. The number of para-hydroxylation sites is 1. The number of methoxy groups -OCH3 is 1. The van der Waals surface area contributed by atoms with E-state index in [0.29, 0.717) is 6.42 Å². The van der Waals surface area contributed by atoms with Crippen LogP contribution in [0.25, 0.3) is 0 Å². The van der Waals surface area contributed by atoms with Gasteiger partial charge in [-0.05, 0) is 24.7 Å². The number of carbonyl (C=O) groups is 1. The van der Waals surface area contributed by atoms with Crippen LogP contribution in [0, 0.1) is 0 Å². The Labute approximate surface area is 108 Å². The first-order valence-corrected chi connectivity index (χ1v) is 6.22. The van der Waals surface area contributed by atoms with Gasteiger partial charge in [0.25, 0.3) is 0 Å². The third-order valence-corrected chi connectivity index (χ3v) is 3.14. The zero-order chi connectivity index (χ0) is 13.5. The highest BCUT2D eigenvalue weighted by atomic mass is 16.5. The van der Waals surface area contributed by atoms with Crippen molar-refractivity contribution in [2.24, 2.45) is 0 Å². The molecule has 0 amide bonds. The molecular formula is C14H21NO3. The smallest absolute Gasteiger partial charge is 0.321 e. The molecule has 0 unspecified atom stereocenters. The second-order valence-corrected chi connectivity index (χ2v) is 4.09. The number of ether oxygens (including phenoxy) is 1. The van der Waals surface area contributed by atoms with Crippen molar-refractivity contribution in [2.75, 3.05) is 20.2 Å². The Kier molecular flexibility index (Phi) is 5.65.